The van der Waals surface area contributed by atoms with Crippen molar-refractivity contribution in [2.75, 3.05) is 12.9 Å². The lowest BCUT2D eigenvalue weighted by Gasteiger charge is -2.03. The van der Waals surface area contributed by atoms with Crippen molar-refractivity contribution in [3.63, 3.8) is 0 Å². The Morgan fingerprint density at radius 1 is 1.27 bits per heavy atom. The van der Waals surface area contributed by atoms with E-state index in [1.165, 1.54) is 5.39 Å². The third-order valence-electron chi connectivity index (χ3n) is 2.20. The maximum absolute atomic E-state index is 5.19. The Morgan fingerprint density at radius 2 is 2.13 bits per heavy atom. The van der Waals surface area contributed by atoms with Gasteiger partial charge in [-0.2, -0.15) is 0 Å². The summed E-state index contributed by atoms with van der Waals surface area (Å²) in [5.41, 5.74) is 0. The number of benzene rings is 1. The molecule has 15 heavy (non-hydrogen) atoms. The molecule has 3 heteroatoms. The van der Waals surface area contributed by atoms with Crippen molar-refractivity contribution in [1.82, 2.24) is 4.98 Å². The molecule has 0 bridgehead atoms. The van der Waals surface area contributed by atoms with Gasteiger partial charge in [-0.3, -0.25) is 0 Å². The molecule has 0 saturated carbocycles. The van der Waals surface area contributed by atoms with Crippen molar-refractivity contribution >= 4 is 22.5 Å². The Morgan fingerprint density at radius 3 is 2.87 bits per heavy atom. The molecule has 0 atom stereocenters. The summed E-state index contributed by atoms with van der Waals surface area (Å²) >= 11 is 1.75. The second-order valence-electron chi connectivity index (χ2n) is 3.17. The topological polar surface area (TPSA) is 22.1 Å². The number of hydrogen-bond acceptors (Lipinski definition) is 3. The first-order chi connectivity index (χ1) is 7.33. The summed E-state index contributed by atoms with van der Waals surface area (Å²) in [7, 11) is 1.68. The van der Waals surface area contributed by atoms with E-state index in [9.17, 15) is 0 Å². The van der Waals surface area contributed by atoms with Crippen molar-refractivity contribution in [2.45, 2.75) is 11.9 Å². The predicted molar refractivity (Wildman–Crippen MR) is 64.7 cm³/mol. The van der Waals surface area contributed by atoms with E-state index < -0.39 is 0 Å². The van der Waals surface area contributed by atoms with Crippen LogP contribution in [0.5, 0.6) is 5.75 Å². The highest BCUT2D eigenvalue weighted by atomic mass is 32.2. The van der Waals surface area contributed by atoms with Gasteiger partial charge in [0.2, 0.25) is 0 Å². The summed E-state index contributed by atoms with van der Waals surface area (Å²) in [6.07, 6.45) is 1.91. The van der Waals surface area contributed by atoms with Crippen LogP contribution in [0.1, 0.15) is 6.92 Å². The van der Waals surface area contributed by atoms with Crippen LogP contribution in [0.25, 0.3) is 10.8 Å². The first-order valence-electron chi connectivity index (χ1n) is 4.90. The van der Waals surface area contributed by atoms with Crippen LogP contribution in [-0.4, -0.2) is 17.8 Å². The van der Waals surface area contributed by atoms with Crippen molar-refractivity contribution in [2.24, 2.45) is 0 Å². The van der Waals surface area contributed by atoms with E-state index in [2.05, 4.69) is 18.0 Å². The SMILES string of the molecule is CCSc1cc2cc(OC)ccc2cn1. The molecule has 1 aromatic carbocycles. The average molecular weight is 219 g/mol. The van der Waals surface area contributed by atoms with Crippen LogP contribution in [0.4, 0.5) is 0 Å². The van der Waals surface area contributed by atoms with Gasteiger partial charge in [-0.05, 0) is 35.4 Å². The molecule has 1 heterocycles. The molecule has 0 saturated heterocycles. The van der Waals surface area contributed by atoms with E-state index >= 15 is 0 Å². The third-order valence-corrected chi connectivity index (χ3v) is 3.00. The van der Waals surface area contributed by atoms with E-state index in [0.717, 1.165) is 21.9 Å². The molecule has 0 aliphatic carbocycles. The molecule has 2 aromatic rings. The number of methoxy groups -OCH3 is 1. The van der Waals surface area contributed by atoms with Crippen LogP contribution >= 0.6 is 11.8 Å². The fourth-order valence-corrected chi connectivity index (χ4v) is 2.09. The van der Waals surface area contributed by atoms with Crippen LogP contribution in [0.15, 0.2) is 35.5 Å². The highest BCUT2D eigenvalue weighted by Crippen LogP contribution is 2.24. The number of aromatic nitrogens is 1. The zero-order valence-corrected chi connectivity index (χ0v) is 9.67. The quantitative estimate of drug-likeness (QED) is 0.739. The lowest BCUT2D eigenvalue weighted by molar-refractivity contribution is 0.415. The molecule has 0 aliphatic rings. The Bertz CT molecular complexity index is 470. The monoisotopic (exact) mass is 219 g/mol. The molecule has 0 unspecified atom stereocenters. The Labute approximate surface area is 93.7 Å². The van der Waals surface area contributed by atoms with Gasteiger partial charge < -0.3 is 4.74 Å². The first-order valence-corrected chi connectivity index (χ1v) is 5.88. The Kier molecular flexibility index (Phi) is 3.11. The molecule has 0 fully saturated rings. The van der Waals surface area contributed by atoms with Gasteiger partial charge in [0, 0.05) is 11.6 Å². The minimum atomic E-state index is 0.890. The van der Waals surface area contributed by atoms with Crippen LogP contribution < -0.4 is 4.74 Å². The van der Waals surface area contributed by atoms with Crippen molar-refractivity contribution < 1.29 is 4.74 Å². The number of nitrogens with zero attached hydrogens (tertiary/aromatic N) is 1. The molecular weight excluding hydrogens is 206 g/mol. The highest BCUT2D eigenvalue weighted by molar-refractivity contribution is 7.99. The number of fused-ring (bicyclic) bond motifs is 1. The molecule has 0 spiro atoms. The molecular formula is C12H13NOS. The maximum atomic E-state index is 5.19. The summed E-state index contributed by atoms with van der Waals surface area (Å²) < 4.78 is 5.19. The van der Waals surface area contributed by atoms with Crippen LogP contribution in [0.3, 0.4) is 0 Å². The van der Waals surface area contributed by atoms with E-state index in [-0.39, 0.29) is 0 Å². The zero-order valence-electron chi connectivity index (χ0n) is 8.86. The van der Waals surface area contributed by atoms with Gasteiger partial charge >= 0.3 is 0 Å². The van der Waals surface area contributed by atoms with E-state index in [1.807, 2.05) is 24.4 Å². The molecule has 0 aliphatic heterocycles. The fraction of sp³-hybridized carbons (Fsp3) is 0.250. The highest BCUT2D eigenvalue weighted by Gasteiger charge is 1.99. The fourth-order valence-electron chi connectivity index (χ4n) is 1.45. The summed E-state index contributed by atoms with van der Waals surface area (Å²) in [4.78, 5) is 4.37. The Hall–Kier alpha value is -1.22. The summed E-state index contributed by atoms with van der Waals surface area (Å²) in [6.45, 7) is 2.13. The zero-order chi connectivity index (χ0) is 10.7. The van der Waals surface area contributed by atoms with Gasteiger partial charge in [-0.25, -0.2) is 4.98 Å². The lowest BCUT2D eigenvalue weighted by Crippen LogP contribution is -1.85. The summed E-state index contributed by atoms with van der Waals surface area (Å²) in [6, 6.07) is 8.13. The van der Waals surface area contributed by atoms with Gasteiger partial charge in [0.1, 0.15) is 5.75 Å². The standard InChI is InChI=1S/C12H13NOS/c1-3-15-12-7-10-6-11(14-2)5-4-9(10)8-13-12/h4-8H,3H2,1-2H3. The van der Waals surface area contributed by atoms with Crippen molar-refractivity contribution in [1.29, 1.82) is 0 Å². The van der Waals surface area contributed by atoms with E-state index in [1.54, 1.807) is 18.9 Å². The minimum absolute atomic E-state index is 0.890. The smallest absolute Gasteiger partial charge is 0.119 e. The van der Waals surface area contributed by atoms with Crippen LogP contribution in [0, 0.1) is 0 Å². The third kappa shape index (κ3) is 2.23. The van der Waals surface area contributed by atoms with Crippen molar-refractivity contribution in [3.8, 4) is 5.75 Å². The van der Waals surface area contributed by atoms with Gasteiger partial charge in [-0.1, -0.05) is 6.92 Å². The second-order valence-corrected chi connectivity index (χ2v) is 4.45. The predicted octanol–water partition coefficient (Wildman–Crippen LogP) is 3.36. The molecule has 1 aromatic heterocycles. The largest absolute Gasteiger partial charge is 0.497 e. The number of thioether (sulfide) groups is 1. The summed E-state index contributed by atoms with van der Waals surface area (Å²) in [5.74, 6) is 1.93. The van der Waals surface area contributed by atoms with E-state index in [4.69, 9.17) is 4.74 Å². The minimum Gasteiger partial charge on any atom is -0.497 e. The lowest BCUT2D eigenvalue weighted by atomic mass is 10.2. The Balaban J connectivity index is 2.48. The average Bonchev–Trinajstić information content (AvgIpc) is 2.28. The molecule has 0 N–H and O–H groups in total. The maximum Gasteiger partial charge on any atom is 0.119 e. The molecule has 2 nitrogen and oxygen atoms in total. The van der Waals surface area contributed by atoms with Gasteiger partial charge in [0.15, 0.2) is 0 Å². The second kappa shape index (κ2) is 4.53. The van der Waals surface area contributed by atoms with Gasteiger partial charge in [0.05, 0.1) is 12.1 Å². The first kappa shape index (κ1) is 10.3. The molecule has 0 radical (unpaired) electrons. The van der Waals surface area contributed by atoms with Crippen molar-refractivity contribution in [3.05, 3.63) is 30.5 Å². The molecule has 78 valence electrons. The molecule has 2 rings (SSSR count). The van der Waals surface area contributed by atoms with Crippen LogP contribution in [0.2, 0.25) is 0 Å². The van der Waals surface area contributed by atoms with Gasteiger partial charge in [-0.15, -0.1) is 11.8 Å². The van der Waals surface area contributed by atoms with E-state index in [0.29, 0.717) is 0 Å². The number of pyridine rings is 1. The van der Waals surface area contributed by atoms with Crippen LogP contribution in [-0.2, 0) is 0 Å². The number of hydrogen-bond donors (Lipinski definition) is 0. The normalized spacial score (nSPS) is 10.5. The number of rotatable bonds is 3. The molecule has 0 amide bonds. The number of ether oxygens (including phenoxy) is 1. The summed E-state index contributed by atoms with van der Waals surface area (Å²) in [5, 5.41) is 3.40. The van der Waals surface area contributed by atoms with Gasteiger partial charge in [0.25, 0.3) is 0 Å².